The maximum absolute atomic E-state index is 13.2. The van der Waals surface area contributed by atoms with Crippen molar-refractivity contribution in [1.29, 1.82) is 0 Å². The molecule has 4 rings (SSSR count). The van der Waals surface area contributed by atoms with Crippen molar-refractivity contribution in [2.75, 3.05) is 6.54 Å². The third kappa shape index (κ3) is 2.45. The van der Waals surface area contributed by atoms with Gasteiger partial charge in [-0.05, 0) is 37.5 Å². The average molecular weight is 318 g/mol. The van der Waals surface area contributed by atoms with Gasteiger partial charge in [-0.3, -0.25) is 9.69 Å². The van der Waals surface area contributed by atoms with Crippen LogP contribution >= 0.6 is 0 Å². The molecule has 2 heterocycles. The largest absolute Gasteiger partial charge is 0.358 e. The maximum atomic E-state index is 13.2. The molecule has 0 fully saturated rings. The van der Waals surface area contributed by atoms with E-state index >= 15 is 0 Å². The van der Waals surface area contributed by atoms with Crippen molar-refractivity contribution in [3.05, 3.63) is 70.9 Å². The van der Waals surface area contributed by atoms with Crippen molar-refractivity contribution >= 4 is 16.7 Å². The molecule has 1 unspecified atom stereocenters. The second kappa shape index (κ2) is 5.91. The van der Waals surface area contributed by atoms with Crippen LogP contribution < -0.4 is 0 Å². The molecule has 0 aliphatic carbocycles. The third-order valence-corrected chi connectivity index (χ3v) is 5.23. The van der Waals surface area contributed by atoms with Gasteiger partial charge in [-0.2, -0.15) is 0 Å². The third-order valence-electron chi connectivity index (χ3n) is 5.23. The van der Waals surface area contributed by atoms with E-state index in [4.69, 9.17) is 0 Å². The fourth-order valence-corrected chi connectivity index (χ4v) is 3.82. The number of nitrogens with zero attached hydrogens (tertiary/aromatic N) is 1. The molecular weight excluding hydrogens is 296 g/mol. The summed E-state index contributed by atoms with van der Waals surface area (Å²) < 4.78 is 0. The average Bonchev–Trinajstić information content (AvgIpc) is 2.95. The molecule has 0 amide bonds. The van der Waals surface area contributed by atoms with Crippen molar-refractivity contribution in [2.45, 2.75) is 32.9 Å². The quantitative estimate of drug-likeness (QED) is 0.738. The molecule has 0 spiro atoms. The molecule has 1 atom stereocenters. The van der Waals surface area contributed by atoms with Gasteiger partial charge in [0.2, 0.25) is 0 Å². The summed E-state index contributed by atoms with van der Waals surface area (Å²) in [6.07, 6.45) is 1.01. The number of nitrogens with one attached hydrogen (secondary N) is 1. The molecule has 1 aliphatic rings. The van der Waals surface area contributed by atoms with Crippen molar-refractivity contribution in [3.63, 3.8) is 0 Å². The number of Topliss-reactive ketones (excluding diaryl/α,β-unsaturated/α-hetero) is 1. The highest BCUT2D eigenvalue weighted by molar-refractivity contribution is 6.11. The Balaban J connectivity index is 1.64. The molecule has 0 saturated carbocycles. The molecular formula is C21H22N2O. The first-order chi connectivity index (χ1) is 11.6. The van der Waals surface area contributed by atoms with Crippen molar-refractivity contribution in [2.24, 2.45) is 0 Å². The zero-order valence-corrected chi connectivity index (χ0v) is 14.2. The van der Waals surface area contributed by atoms with E-state index in [1.54, 1.807) is 0 Å². The second-order valence-corrected chi connectivity index (χ2v) is 6.70. The highest BCUT2D eigenvalue weighted by atomic mass is 16.1. The number of hydrogen-bond donors (Lipinski definition) is 1. The van der Waals surface area contributed by atoms with Crippen LogP contribution in [0.2, 0.25) is 0 Å². The van der Waals surface area contributed by atoms with Gasteiger partial charge in [0, 0.05) is 35.2 Å². The van der Waals surface area contributed by atoms with Crippen molar-refractivity contribution in [1.82, 2.24) is 9.88 Å². The molecule has 3 heteroatoms. The molecule has 1 N–H and O–H groups in total. The summed E-state index contributed by atoms with van der Waals surface area (Å²) in [5, 5.41) is 1.03. The number of carbonyl (C=O) groups excluding carboxylic acids is 1. The van der Waals surface area contributed by atoms with E-state index in [2.05, 4.69) is 34.1 Å². The van der Waals surface area contributed by atoms with Crippen LogP contribution in [-0.4, -0.2) is 28.3 Å². The van der Waals surface area contributed by atoms with Crippen LogP contribution in [-0.2, 0) is 13.0 Å². The minimum atomic E-state index is -0.115. The van der Waals surface area contributed by atoms with Crippen LogP contribution in [0.3, 0.4) is 0 Å². The summed E-state index contributed by atoms with van der Waals surface area (Å²) >= 11 is 0. The van der Waals surface area contributed by atoms with E-state index in [-0.39, 0.29) is 11.8 Å². The predicted molar refractivity (Wildman–Crippen MR) is 97.4 cm³/mol. The lowest BCUT2D eigenvalue weighted by atomic mass is 9.95. The summed E-state index contributed by atoms with van der Waals surface area (Å²) in [6, 6.07) is 16.5. The second-order valence-electron chi connectivity index (χ2n) is 6.70. The smallest absolute Gasteiger partial charge is 0.182 e. The van der Waals surface area contributed by atoms with Gasteiger partial charge in [-0.15, -0.1) is 0 Å². The number of rotatable bonds is 3. The summed E-state index contributed by atoms with van der Waals surface area (Å²) in [4.78, 5) is 18.8. The standard InChI is InChI=1S/C21H22N2O/c1-14-20(18-9-5-6-10-19(18)22-14)21(24)15(2)23-12-11-16-7-3-4-8-17(16)13-23/h3-10,15,22H,11-13H2,1-2H3. The lowest BCUT2D eigenvalue weighted by molar-refractivity contribution is 0.0821. The number of fused-ring (bicyclic) bond motifs is 2. The Kier molecular flexibility index (Phi) is 3.73. The molecule has 0 bridgehead atoms. The minimum Gasteiger partial charge on any atom is -0.358 e. The fourth-order valence-electron chi connectivity index (χ4n) is 3.82. The van der Waals surface area contributed by atoms with Gasteiger partial charge in [0.05, 0.1) is 6.04 Å². The maximum Gasteiger partial charge on any atom is 0.182 e. The minimum absolute atomic E-state index is 0.115. The van der Waals surface area contributed by atoms with E-state index in [9.17, 15) is 4.79 Å². The molecule has 1 aliphatic heterocycles. The Bertz CT molecular complexity index is 909. The number of ketones is 1. The zero-order valence-electron chi connectivity index (χ0n) is 14.2. The first-order valence-electron chi connectivity index (χ1n) is 8.57. The molecule has 3 nitrogen and oxygen atoms in total. The Labute approximate surface area is 142 Å². The van der Waals surface area contributed by atoms with Crippen molar-refractivity contribution in [3.8, 4) is 0 Å². The van der Waals surface area contributed by atoms with Crippen LogP contribution in [0.5, 0.6) is 0 Å². The predicted octanol–water partition coefficient (Wildman–Crippen LogP) is 4.11. The molecule has 2 aromatic carbocycles. The van der Waals surface area contributed by atoms with Gasteiger partial charge in [0.25, 0.3) is 0 Å². The highest BCUT2D eigenvalue weighted by Crippen LogP contribution is 2.26. The monoisotopic (exact) mass is 318 g/mol. The molecule has 0 radical (unpaired) electrons. The normalized spacial score (nSPS) is 16.1. The number of H-pyrrole nitrogens is 1. The Hall–Kier alpha value is -2.39. The Morgan fingerprint density at radius 3 is 2.62 bits per heavy atom. The molecule has 24 heavy (non-hydrogen) atoms. The highest BCUT2D eigenvalue weighted by Gasteiger charge is 2.28. The summed E-state index contributed by atoms with van der Waals surface area (Å²) in [5.41, 5.74) is 5.60. The summed E-state index contributed by atoms with van der Waals surface area (Å²) in [6.45, 7) is 5.82. The van der Waals surface area contributed by atoms with Crippen LogP contribution in [0, 0.1) is 6.92 Å². The molecule has 122 valence electrons. The Morgan fingerprint density at radius 1 is 1.08 bits per heavy atom. The fraction of sp³-hybridized carbons (Fsp3) is 0.286. The SMILES string of the molecule is Cc1[nH]c2ccccc2c1C(=O)C(C)N1CCc2ccccc2C1. The first-order valence-corrected chi connectivity index (χ1v) is 8.57. The summed E-state index contributed by atoms with van der Waals surface area (Å²) in [7, 11) is 0. The number of aromatic amines is 1. The van der Waals surface area contributed by atoms with E-state index < -0.39 is 0 Å². The Morgan fingerprint density at radius 2 is 1.79 bits per heavy atom. The lowest BCUT2D eigenvalue weighted by Crippen LogP contribution is -2.42. The molecule has 0 saturated heterocycles. The van der Waals surface area contributed by atoms with Gasteiger partial charge >= 0.3 is 0 Å². The number of para-hydroxylation sites is 1. The van der Waals surface area contributed by atoms with Gasteiger partial charge < -0.3 is 4.98 Å². The number of aryl methyl sites for hydroxylation is 1. The number of aromatic nitrogens is 1. The first kappa shape index (κ1) is 15.2. The van der Waals surface area contributed by atoms with E-state index in [1.165, 1.54) is 11.1 Å². The molecule has 1 aromatic heterocycles. The van der Waals surface area contributed by atoms with Gasteiger partial charge in [-0.25, -0.2) is 0 Å². The van der Waals surface area contributed by atoms with Crippen LogP contribution in [0.4, 0.5) is 0 Å². The van der Waals surface area contributed by atoms with Crippen LogP contribution in [0.25, 0.3) is 10.9 Å². The van der Waals surface area contributed by atoms with Crippen LogP contribution in [0.15, 0.2) is 48.5 Å². The van der Waals surface area contributed by atoms with E-state index in [0.717, 1.165) is 41.7 Å². The zero-order chi connectivity index (χ0) is 16.7. The number of carbonyl (C=O) groups is 1. The van der Waals surface area contributed by atoms with E-state index in [0.29, 0.717) is 0 Å². The topological polar surface area (TPSA) is 36.1 Å². The number of hydrogen-bond acceptors (Lipinski definition) is 2. The number of benzene rings is 2. The van der Waals surface area contributed by atoms with Gasteiger partial charge in [0.1, 0.15) is 0 Å². The van der Waals surface area contributed by atoms with Gasteiger partial charge in [-0.1, -0.05) is 42.5 Å². The van der Waals surface area contributed by atoms with Gasteiger partial charge in [0.15, 0.2) is 5.78 Å². The van der Waals surface area contributed by atoms with E-state index in [1.807, 2.05) is 38.1 Å². The van der Waals surface area contributed by atoms with Crippen molar-refractivity contribution < 1.29 is 4.79 Å². The lowest BCUT2D eigenvalue weighted by Gasteiger charge is -2.33. The molecule has 3 aromatic rings. The summed E-state index contributed by atoms with van der Waals surface area (Å²) in [5.74, 6) is 0.212. The van der Waals surface area contributed by atoms with Crippen LogP contribution in [0.1, 0.15) is 34.1 Å².